The van der Waals surface area contributed by atoms with Gasteiger partial charge in [0, 0.05) is 12.8 Å². The number of halogens is 1. The van der Waals surface area contributed by atoms with Crippen molar-refractivity contribution < 1.29 is 4.74 Å². The molecule has 0 aromatic carbocycles. The number of hydrogen-bond donors (Lipinski definition) is 1. The Labute approximate surface area is 88.4 Å². The zero-order chi connectivity index (χ0) is 9.97. The van der Waals surface area contributed by atoms with Crippen molar-refractivity contribution in [1.82, 2.24) is 4.98 Å². The zero-order valence-electron chi connectivity index (χ0n) is 8.03. The average molecular weight is 213 g/mol. The molecule has 1 saturated heterocycles. The Morgan fingerprint density at radius 3 is 3.14 bits per heavy atom. The Morgan fingerprint density at radius 1 is 1.64 bits per heavy atom. The molecule has 0 saturated carbocycles. The predicted molar refractivity (Wildman–Crippen MR) is 56.7 cm³/mol. The third-order valence-corrected chi connectivity index (χ3v) is 2.78. The molecule has 0 bridgehead atoms. The molecule has 2 rings (SSSR count). The molecule has 1 aliphatic heterocycles. The summed E-state index contributed by atoms with van der Waals surface area (Å²) in [6, 6.07) is 4.14. The monoisotopic (exact) mass is 212 g/mol. The Balaban J connectivity index is 2.07. The lowest BCUT2D eigenvalue weighted by molar-refractivity contribution is 0.121. The lowest BCUT2D eigenvalue weighted by Crippen LogP contribution is -2.26. The lowest BCUT2D eigenvalue weighted by Gasteiger charge is -2.17. The summed E-state index contributed by atoms with van der Waals surface area (Å²) in [5.41, 5.74) is 0.886. The molecule has 14 heavy (non-hydrogen) atoms. The first kappa shape index (κ1) is 9.74. The number of hydrogen-bond acceptors (Lipinski definition) is 3. The van der Waals surface area contributed by atoms with Crippen molar-refractivity contribution in [3.8, 4) is 0 Å². The molecule has 2 atom stereocenters. The number of pyridine rings is 1. The summed E-state index contributed by atoms with van der Waals surface area (Å²) in [5.74, 6) is 0. The molecule has 1 aliphatic rings. The first-order valence-electron chi connectivity index (χ1n) is 4.76. The topological polar surface area (TPSA) is 34.1 Å². The number of aromatic nitrogens is 1. The van der Waals surface area contributed by atoms with Crippen LogP contribution in [-0.4, -0.2) is 23.7 Å². The van der Waals surface area contributed by atoms with Crippen LogP contribution in [0.15, 0.2) is 18.3 Å². The van der Waals surface area contributed by atoms with Crippen molar-refractivity contribution in [3.63, 3.8) is 0 Å². The predicted octanol–water partition coefficient (Wildman–Crippen LogP) is 2.32. The van der Waals surface area contributed by atoms with Crippen molar-refractivity contribution in [2.75, 3.05) is 11.9 Å². The van der Waals surface area contributed by atoms with Gasteiger partial charge in [0.15, 0.2) is 5.15 Å². The molecular formula is C10H13ClN2O. The summed E-state index contributed by atoms with van der Waals surface area (Å²) in [4.78, 5) is 4.01. The highest BCUT2D eigenvalue weighted by Gasteiger charge is 2.24. The van der Waals surface area contributed by atoms with E-state index < -0.39 is 0 Å². The van der Waals surface area contributed by atoms with Crippen molar-refractivity contribution in [2.45, 2.75) is 25.5 Å². The molecule has 0 radical (unpaired) electrons. The van der Waals surface area contributed by atoms with E-state index in [0.29, 0.717) is 11.2 Å². The van der Waals surface area contributed by atoms with Gasteiger partial charge in [-0.3, -0.25) is 0 Å². The molecule has 2 heterocycles. The smallest absolute Gasteiger partial charge is 0.152 e. The highest BCUT2D eigenvalue weighted by molar-refractivity contribution is 6.31. The normalized spacial score (nSPS) is 26.4. The fraction of sp³-hybridized carbons (Fsp3) is 0.500. The van der Waals surface area contributed by atoms with Gasteiger partial charge in [-0.25, -0.2) is 4.98 Å². The van der Waals surface area contributed by atoms with Crippen LogP contribution >= 0.6 is 11.6 Å². The van der Waals surface area contributed by atoms with Gasteiger partial charge < -0.3 is 10.1 Å². The highest BCUT2D eigenvalue weighted by Crippen LogP contribution is 2.23. The van der Waals surface area contributed by atoms with Crippen LogP contribution in [0.1, 0.15) is 13.3 Å². The third kappa shape index (κ3) is 1.99. The van der Waals surface area contributed by atoms with Gasteiger partial charge in [0.25, 0.3) is 0 Å². The lowest BCUT2D eigenvalue weighted by atomic mass is 10.1. The molecule has 0 spiro atoms. The zero-order valence-corrected chi connectivity index (χ0v) is 8.79. The van der Waals surface area contributed by atoms with E-state index in [-0.39, 0.29) is 6.10 Å². The van der Waals surface area contributed by atoms with Crippen molar-refractivity contribution in [1.29, 1.82) is 0 Å². The number of nitrogens with zero attached hydrogens (tertiary/aromatic N) is 1. The summed E-state index contributed by atoms with van der Waals surface area (Å²) in [7, 11) is 0. The van der Waals surface area contributed by atoms with Crippen molar-refractivity contribution >= 4 is 17.3 Å². The number of nitrogens with one attached hydrogen (secondary N) is 1. The third-order valence-electron chi connectivity index (χ3n) is 2.48. The van der Waals surface area contributed by atoms with Crippen LogP contribution in [0.4, 0.5) is 5.69 Å². The number of anilines is 1. The number of rotatable bonds is 2. The SMILES string of the molecule is CC1OCCC1Nc1cccnc1Cl. The minimum atomic E-state index is 0.242. The minimum Gasteiger partial charge on any atom is -0.377 e. The summed E-state index contributed by atoms with van der Waals surface area (Å²) in [6.45, 7) is 2.88. The van der Waals surface area contributed by atoms with E-state index in [4.69, 9.17) is 16.3 Å². The summed E-state index contributed by atoms with van der Waals surface area (Å²) in [5, 5.41) is 3.86. The molecule has 0 aliphatic carbocycles. The highest BCUT2D eigenvalue weighted by atomic mass is 35.5. The molecule has 0 amide bonds. The molecule has 4 heteroatoms. The molecule has 1 aromatic rings. The van der Waals surface area contributed by atoms with Crippen LogP contribution in [0.2, 0.25) is 5.15 Å². The van der Waals surface area contributed by atoms with Gasteiger partial charge in [-0.15, -0.1) is 0 Å². The molecule has 1 N–H and O–H groups in total. The average Bonchev–Trinajstić information content (AvgIpc) is 2.56. The van der Waals surface area contributed by atoms with Crippen LogP contribution in [0.25, 0.3) is 0 Å². The maximum Gasteiger partial charge on any atom is 0.152 e. The molecule has 1 fully saturated rings. The molecule has 76 valence electrons. The van der Waals surface area contributed by atoms with Gasteiger partial charge in [-0.05, 0) is 25.5 Å². The second-order valence-corrected chi connectivity index (χ2v) is 3.82. The first-order chi connectivity index (χ1) is 6.77. The maximum absolute atomic E-state index is 5.94. The van der Waals surface area contributed by atoms with Gasteiger partial charge in [-0.2, -0.15) is 0 Å². The molecule has 1 aromatic heterocycles. The van der Waals surface area contributed by atoms with E-state index in [2.05, 4.69) is 17.2 Å². The Morgan fingerprint density at radius 2 is 2.50 bits per heavy atom. The van der Waals surface area contributed by atoms with Crippen LogP contribution in [0, 0.1) is 0 Å². The largest absolute Gasteiger partial charge is 0.377 e. The second kappa shape index (κ2) is 4.15. The van der Waals surface area contributed by atoms with E-state index in [1.165, 1.54) is 0 Å². The fourth-order valence-electron chi connectivity index (χ4n) is 1.61. The van der Waals surface area contributed by atoms with E-state index in [1.807, 2.05) is 12.1 Å². The van der Waals surface area contributed by atoms with Gasteiger partial charge in [-0.1, -0.05) is 11.6 Å². The van der Waals surface area contributed by atoms with Gasteiger partial charge in [0.2, 0.25) is 0 Å². The van der Waals surface area contributed by atoms with E-state index in [0.717, 1.165) is 18.7 Å². The quantitative estimate of drug-likeness (QED) is 0.765. The summed E-state index contributed by atoms with van der Waals surface area (Å²) < 4.78 is 5.45. The van der Waals surface area contributed by atoms with Gasteiger partial charge in [0.05, 0.1) is 17.8 Å². The van der Waals surface area contributed by atoms with Crippen molar-refractivity contribution in [2.24, 2.45) is 0 Å². The van der Waals surface area contributed by atoms with Gasteiger partial charge in [0.1, 0.15) is 0 Å². The molecular weight excluding hydrogens is 200 g/mol. The van der Waals surface area contributed by atoms with E-state index in [9.17, 15) is 0 Å². The van der Waals surface area contributed by atoms with Crippen LogP contribution in [0.3, 0.4) is 0 Å². The van der Waals surface area contributed by atoms with Crippen LogP contribution in [0.5, 0.6) is 0 Å². The maximum atomic E-state index is 5.94. The standard InChI is InChI=1S/C10H13ClN2O/c1-7-8(4-6-14-7)13-9-3-2-5-12-10(9)11/h2-3,5,7-8,13H,4,6H2,1H3. The molecule has 2 unspecified atom stereocenters. The van der Waals surface area contributed by atoms with Gasteiger partial charge >= 0.3 is 0 Å². The van der Waals surface area contributed by atoms with E-state index in [1.54, 1.807) is 6.20 Å². The fourth-order valence-corrected chi connectivity index (χ4v) is 1.79. The Bertz CT molecular complexity index is 319. The number of ether oxygens (including phenoxy) is 1. The molecule has 3 nitrogen and oxygen atoms in total. The summed E-state index contributed by atoms with van der Waals surface area (Å²) in [6.07, 6.45) is 2.94. The minimum absolute atomic E-state index is 0.242. The van der Waals surface area contributed by atoms with Crippen molar-refractivity contribution in [3.05, 3.63) is 23.5 Å². The first-order valence-corrected chi connectivity index (χ1v) is 5.14. The second-order valence-electron chi connectivity index (χ2n) is 3.46. The van der Waals surface area contributed by atoms with E-state index >= 15 is 0 Å². The summed E-state index contributed by atoms with van der Waals surface area (Å²) >= 11 is 5.94. The Kier molecular flexibility index (Phi) is 2.89. The van der Waals surface area contributed by atoms with Crippen LogP contribution in [-0.2, 0) is 4.74 Å². The van der Waals surface area contributed by atoms with Crippen LogP contribution < -0.4 is 5.32 Å². The Hall–Kier alpha value is -0.800.